The summed E-state index contributed by atoms with van der Waals surface area (Å²) in [6.45, 7) is 0. The first-order chi connectivity index (χ1) is 9.15. The van der Waals surface area contributed by atoms with E-state index in [1.165, 1.54) is 13.2 Å². The first-order valence-corrected chi connectivity index (χ1v) is 6.29. The molecule has 0 heterocycles. The lowest BCUT2D eigenvalue weighted by atomic mass is 9.98. The van der Waals surface area contributed by atoms with Crippen LogP contribution in [-0.2, 0) is 0 Å². The van der Waals surface area contributed by atoms with E-state index in [2.05, 4.69) is 5.32 Å². The van der Waals surface area contributed by atoms with Gasteiger partial charge in [-0.25, -0.2) is 4.39 Å². The lowest BCUT2D eigenvalue weighted by Gasteiger charge is -2.18. The summed E-state index contributed by atoms with van der Waals surface area (Å²) in [7, 11) is 3.30. The van der Waals surface area contributed by atoms with Gasteiger partial charge in [-0.15, -0.1) is 0 Å². The molecule has 2 nitrogen and oxygen atoms in total. The van der Waals surface area contributed by atoms with Crippen LogP contribution in [0, 0.1) is 5.82 Å². The van der Waals surface area contributed by atoms with E-state index in [0.717, 1.165) is 5.56 Å². The van der Waals surface area contributed by atoms with E-state index in [1.54, 1.807) is 25.2 Å². The number of nitrogens with one attached hydrogen (secondary N) is 1. The molecule has 19 heavy (non-hydrogen) atoms. The van der Waals surface area contributed by atoms with Crippen LogP contribution in [0.1, 0.15) is 17.2 Å². The van der Waals surface area contributed by atoms with E-state index < -0.39 is 0 Å². The molecule has 0 saturated heterocycles. The fourth-order valence-corrected chi connectivity index (χ4v) is 2.26. The highest BCUT2D eigenvalue weighted by atomic mass is 35.5. The Morgan fingerprint density at radius 2 is 2.00 bits per heavy atom. The zero-order valence-electron chi connectivity index (χ0n) is 10.8. The lowest BCUT2D eigenvalue weighted by molar-refractivity contribution is 0.410. The topological polar surface area (TPSA) is 21.3 Å². The summed E-state index contributed by atoms with van der Waals surface area (Å²) in [5.41, 5.74) is 1.48. The number of methoxy groups -OCH3 is 1. The third-order valence-electron chi connectivity index (χ3n) is 2.99. The molecule has 0 saturated carbocycles. The third kappa shape index (κ3) is 3.06. The molecule has 2 aromatic carbocycles. The molecule has 4 heteroatoms. The Morgan fingerprint density at radius 1 is 1.21 bits per heavy atom. The van der Waals surface area contributed by atoms with Crippen molar-refractivity contribution >= 4 is 11.6 Å². The molecule has 0 aromatic heterocycles. The van der Waals surface area contributed by atoms with Gasteiger partial charge in [0.25, 0.3) is 0 Å². The van der Waals surface area contributed by atoms with Gasteiger partial charge < -0.3 is 10.1 Å². The molecule has 0 aliphatic carbocycles. The van der Waals surface area contributed by atoms with Crippen molar-refractivity contribution in [1.82, 2.24) is 5.32 Å². The fraction of sp³-hybridized carbons (Fsp3) is 0.200. The molecule has 0 aliphatic heterocycles. The quantitative estimate of drug-likeness (QED) is 0.919. The van der Waals surface area contributed by atoms with E-state index in [4.69, 9.17) is 16.3 Å². The number of halogens is 2. The molecule has 2 rings (SSSR count). The second kappa shape index (κ2) is 6.04. The lowest BCUT2D eigenvalue weighted by Crippen LogP contribution is -2.19. The van der Waals surface area contributed by atoms with Crippen molar-refractivity contribution in [3.05, 3.63) is 64.4 Å². The smallest absolute Gasteiger partial charge is 0.132 e. The summed E-state index contributed by atoms with van der Waals surface area (Å²) < 4.78 is 19.1. The Morgan fingerprint density at radius 3 is 2.58 bits per heavy atom. The molecule has 2 aromatic rings. The van der Waals surface area contributed by atoms with Crippen molar-refractivity contribution < 1.29 is 9.13 Å². The van der Waals surface area contributed by atoms with Crippen LogP contribution in [0.15, 0.2) is 42.5 Å². The number of hydrogen-bond acceptors (Lipinski definition) is 2. The molecule has 1 atom stereocenters. The standard InChI is InChI=1S/C15H15ClFNO/c1-18-15(10-4-3-5-11(16)8-10)13-7-6-12(19-2)9-14(13)17/h3-9,15,18H,1-2H3. The highest BCUT2D eigenvalue weighted by Gasteiger charge is 2.16. The maximum Gasteiger partial charge on any atom is 0.132 e. The molecular weight excluding hydrogens is 265 g/mol. The Bertz CT molecular complexity index is 574. The van der Waals surface area contributed by atoms with Crippen molar-refractivity contribution in [2.24, 2.45) is 0 Å². The monoisotopic (exact) mass is 279 g/mol. The van der Waals surface area contributed by atoms with E-state index in [0.29, 0.717) is 16.3 Å². The van der Waals surface area contributed by atoms with Crippen LogP contribution in [0.4, 0.5) is 4.39 Å². The Kier molecular flexibility index (Phi) is 4.40. The summed E-state index contributed by atoms with van der Waals surface area (Å²) in [5, 5.41) is 3.73. The maximum atomic E-state index is 14.1. The number of rotatable bonds is 4. The largest absolute Gasteiger partial charge is 0.497 e. The molecule has 0 fully saturated rings. The summed E-state index contributed by atoms with van der Waals surface area (Å²) >= 11 is 5.98. The first kappa shape index (κ1) is 13.8. The van der Waals surface area contributed by atoms with Crippen LogP contribution in [0.5, 0.6) is 5.75 Å². The van der Waals surface area contributed by atoms with Gasteiger partial charge in [0.1, 0.15) is 11.6 Å². The van der Waals surface area contributed by atoms with Gasteiger partial charge in [-0.3, -0.25) is 0 Å². The van der Waals surface area contributed by atoms with Gasteiger partial charge in [0.15, 0.2) is 0 Å². The van der Waals surface area contributed by atoms with Gasteiger partial charge in [0.05, 0.1) is 13.2 Å². The second-order valence-corrected chi connectivity index (χ2v) is 4.60. The Labute approximate surface area is 117 Å². The maximum absolute atomic E-state index is 14.1. The Balaban J connectivity index is 2.42. The minimum Gasteiger partial charge on any atom is -0.497 e. The number of ether oxygens (including phenoxy) is 1. The van der Waals surface area contributed by atoms with Crippen LogP contribution >= 0.6 is 11.6 Å². The predicted molar refractivity (Wildman–Crippen MR) is 75.3 cm³/mol. The second-order valence-electron chi connectivity index (χ2n) is 4.16. The Hall–Kier alpha value is -1.58. The minimum absolute atomic E-state index is 0.246. The van der Waals surface area contributed by atoms with Gasteiger partial charge in [-0.05, 0) is 30.8 Å². The molecule has 0 bridgehead atoms. The van der Waals surface area contributed by atoms with Crippen LogP contribution in [0.3, 0.4) is 0 Å². The zero-order valence-corrected chi connectivity index (χ0v) is 11.5. The van der Waals surface area contributed by atoms with Crippen molar-refractivity contribution in [1.29, 1.82) is 0 Å². The van der Waals surface area contributed by atoms with Crippen molar-refractivity contribution in [3.8, 4) is 5.75 Å². The van der Waals surface area contributed by atoms with Gasteiger partial charge in [-0.2, -0.15) is 0 Å². The van der Waals surface area contributed by atoms with Gasteiger partial charge in [0.2, 0.25) is 0 Å². The molecule has 0 amide bonds. The third-order valence-corrected chi connectivity index (χ3v) is 3.22. The van der Waals surface area contributed by atoms with Crippen molar-refractivity contribution in [2.75, 3.05) is 14.2 Å². The zero-order chi connectivity index (χ0) is 13.8. The highest BCUT2D eigenvalue weighted by molar-refractivity contribution is 6.30. The van der Waals surface area contributed by atoms with Crippen LogP contribution in [0.25, 0.3) is 0 Å². The van der Waals surface area contributed by atoms with Crippen LogP contribution in [0.2, 0.25) is 5.02 Å². The number of hydrogen-bond donors (Lipinski definition) is 1. The molecule has 0 aliphatic rings. The first-order valence-electron chi connectivity index (χ1n) is 5.92. The molecule has 1 unspecified atom stereocenters. The van der Waals surface area contributed by atoms with E-state index in [9.17, 15) is 4.39 Å². The van der Waals surface area contributed by atoms with Crippen molar-refractivity contribution in [3.63, 3.8) is 0 Å². The predicted octanol–water partition coefficient (Wildman–Crippen LogP) is 3.80. The molecular formula is C15H15ClFNO. The van der Waals surface area contributed by atoms with Gasteiger partial charge in [-0.1, -0.05) is 29.8 Å². The normalized spacial score (nSPS) is 12.2. The summed E-state index contributed by atoms with van der Waals surface area (Å²) in [6.07, 6.45) is 0. The highest BCUT2D eigenvalue weighted by Crippen LogP contribution is 2.28. The summed E-state index contributed by atoms with van der Waals surface area (Å²) in [6, 6.07) is 12.0. The van der Waals surface area contributed by atoms with Crippen LogP contribution in [-0.4, -0.2) is 14.2 Å². The van der Waals surface area contributed by atoms with Crippen LogP contribution < -0.4 is 10.1 Å². The molecule has 1 N–H and O–H groups in total. The van der Waals surface area contributed by atoms with Gasteiger partial charge in [0, 0.05) is 16.7 Å². The average molecular weight is 280 g/mol. The fourth-order valence-electron chi connectivity index (χ4n) is 2.06. The van der Waals surface area contributed by atoms with E-state index >= 15 is 0 Å². The summed E-state index contributed by atoms with van der Waals surface area (Å²) in [4.78, 5) is 0. The molecule has 100 valence electrons. The van der Waals surface area contributed by atoms with Crippen molar-refractivity contribution in [2.45, 2.75) is 6.04 Å². The van der Waals surface area contributed by atoms with E-state index in [1.807, 2.05) is 18.2 Å². The van der Waals surface area contributed by atoms with E-state index in [-0.39, 0.29) is 11.9 Å². The summed E-state index contributed by atoms with van der Waals surface area (Å²) in [5.74, 6) is 0.195. The van der Waals surface area contributed by atoms with Gasteiger partial charge >= 0.3 is 0 Å². The minimum atomic E-state index is -0.307. The number of benzene rings is 2. The SMILES string of the molecule is CNC(c1cccc(Cl)c1)c1ccc(OC)cc1F. The molecule has 0 radical (unpaired) electrons. The molecule has 0 spiro atoms. The average Bonchev–Trinajstić information content (AvgIpc) is 2.41.